The standard InChI is InChI=1S/C9H9ClN4O/c1-14(6-2-5-11)9(15)7-3-4-8(10)13-12-7/h3-4H,2,6H2,1H3. The Morgan fingerprint density at radius 3 is 2.87 bits per heavy atom. The van der Waals surface area contributed by atoms with Gasteiger partial charge in [-0.1, -0.05) is 11.6 Å². The average Bonchev–Trinajstić information content (AvgIpc) is 2.26. The fourth-order valence-corrected chi connectivity index (χ4v) is 1.05. The predicted octanol–water partition coefficient (Wildman–Crippen LogP) is 1.12. The summed E-state index contributed by atoms with van der Waals surface area (Å²) in [6.07, 6.45) is 0.295. The SMILES string of the molecule is CN(CCC#N)C(=O)c1ccc(Cl)nn1. The van der Waals surface area contributed by atoms with E-state index in [1.807, 2.05) is 6.07 Å². The van der Waals surface area contributed by atoms with Gasteiger partial charge < -0.3 is 4.90 Å². The van der Waals surface area contributed by atoms with Crippen LogP contribution in [0.4, 0.5) is 0 Å². The molecule has 0 aliphatic carbocycles. The molecule has 1 heterocycles. The number of carbonyl (C=O) groups is 1. The van der Waals surface area contributed by atoms with Crippen LogP contribution >= 0.6 is 11.6 Å². The normalized spacial score (nSPS) is 9.40. The van der Waals surface area contributed by atoms with Crippen LogP contribution in [0.25, 0.3) is 0 Å². The van der Waals surface area contributed by atoms with Crippen LogP contribution < -0.4 is 0 Å². The quantitative estimate of drug-likeness (QED) is 0.771. The van der Waals surface area contributed by atoms with Crippen LogP contribution in [0.3, 0.4) is 0 Å². The molecule has 0 fully saturated rings. The molecule has 1 aromatic rings. The number of halogens is 1. The fourth-order valence-electron chi connectivity index (χ4n) is 0.945. The summed E-state index contributed by atoms with van der Waals surface area (Å²) < 4.78 is 0. The van der Waals surface area contributed by atoms with Crippen LogP contribution in [0.5, 0.6) is 0 Å². The minimum atomic E-state index is -0.269. The summed E-state index contributed by atoms with van der Waals surface area (Å²) in [6, 6.07) is 4.96. The van der Waals surface area contributed by atoms with Crippen molar-refractivity contribution in [3.8, 4) is 6.07 Å². The lowest BCUT2D eigenvalue weighted by atomic mass is 10.3. The summed E-state index contributed by atoms with van der Waals surface area (Å²) in [5.41, 5.74) is 0.222. The van der Waals surface area contributed by atoms with Gasteiger partial charge in [0.25, 0.3) is 5.91 Å². The molecule has 0 N–H and O–H groups in total. The van der Waals surface area contributed by atoms with Gasteiger partial charge in [0.15, 0.2) is 10.8 Å². The highest BCUT2D eigenvalue weighted by Crippen LogP contribution is 2.04. The highest BCUT2D eigenvalue weighted by atomic mass is 35.5. The Balaban J connectivity index is 2.68. The minimum absolute atomic E-state index is 0.222. The maximum Gasteiger partial charge on any atom is 0.274 e. The molecule has 6 heteroatoms. The molecule has 0 aromatic carbocycles. The first-order valence-corrected chi connectivity index (χ1v) is 4.64. The number of hydrogen-bond donors (Lipinski definition) is 0. The Hall–Kier alpha value is -1.67. The van der Waals surface area contributed by atoms with E-state index in [2.05, 4.69) is 10.2 Å². The van der Waals surface area contributed by atoms with E-state index in [0.29, 0.717) is 13.0 Å². The molecular weight excluding hydrogens is 216 g/mol. The summed E-state index contributed by atoms with van der Waals surface area (Å²) in [5.74, 6) is -0.269. The maximum absolute atomic E-state index is 11.6. The largest absolute Gasteiger partial charge is 0.339 e. The van der Waals surface area contributed by atoms with Crippen LogP contribution in [0.2, 0.25) is 5.15 Å². The molecule has 0 saturated carbocycles. The first-order valence-electron chi connectivity index (χ1n) is 4.27. The first kappa shape index (κ1) is 11.4. The van der Waals surface area contributed by atoms with Crippen molar-refractivity contribution in [3.05, 3.63) is 23.0 Å². The van der Waals surface area contributed by atoms with Gasteiger partial charge in [-0.25, -0.2) is 0 Å². The third-order valence-electron chi connectivity index (χ3n) is 1.76. The molecule has 0 radical (unpaired) electrons. The first-order chi connectivity index (χ1) is 7.15. The molecule has 0 aliphatic heterocycles. The molecular formula is C9H9ClN4O. The molecule has 1 amide bonds. The van der Waals surface area contributed by atoms with Gasteiger partial charge in [-0.2, -0.15) is 5.26 Å². The molecule has 5 nitrogen and oxygen atoms in total. The van der Waals surface area contributed by atoms with Crippen molar-refractivity contribution in [3.63, 3.8) is 0 Å². The Kier molecular flexibility index (Phi) is 4.01. The van der Waals surface area contributed by atoms with E-state index in [9.17, 15) is 4.79 Å². The molecule has 78 valence electrons. The van der Waals surface area contributed by atoms with Crippen molar-refractivity contribution < 1.29 is 4.79 Å². The lowest BCUT2D eigenvalue weighted by Gasteiger charge is -2.13. The highest BCUT2D eigenvalue weighted by molar-refractivity contribution is 6.29. The number of amides is 1. The summed E-state index contributed by atoms with van der Waals surface area (Å²) in [7, 11) is 1.61. The van der Waals surface area contributed by atoms with Crippen molar-refractivity contribution >= 4 is 17.5 Å². The Morgan fingerprint density at radius 1 is 1.60 bits per heavy atom. The summed E-state index contributed by atoms with van der Waals surface area (Å²) in [4.78, 5) is 13.1. The zero-order valence-corrected chi connectivity index (χ0v) is 8.90. The average molecular weight is 225 g/mol. The van der Waals surface area contributed by atoms with Crippen molar-refractivity contribution in [1.82, 2.24) is 15.1 Å². The number of rotatable bonds is 3. The van der Waals surface area contributed by atoms with Crippen LogP contribution in [-0.2, 0) is 0 Å². The minimum Gasteiger partial charge on any atom is -0.339 e. The second-order valence-corrected chi connectivity index (χ2v) is 3.26. The van der Waals surface area contributed by atoms with E-state index < -0.39 is 0 Å². The van der Waals surface area contributed by atoms with Crippen molar-refractivity contribution in [2.24, 2.45) is 0 Å². The van der Waals surface area contributed by atoms with Crippen LogP contribution in [0.15, 0.2) is 12.1 Å². The highest BCUT2D eigenvalue weighted by Gasteiger charge is 2.12. The topological polar surface area (TPSA) is 69.9 Å². The maximum atomic E-state index is 11.6. The van der Waals surface area contributed by atoms with Crippen LogP contribution in [0, 0.1) is 11.3 Å². The van der Waals surface area contributed by atoms with Gasteiger partial charge in [0.2, 0.25) is 0 Å². The lowest BCUT2D eigenvalue weighted by molar-refractivity contribution is 0.0791. The van der Waals surface area contributed by atoms with E-state index in [-0.39, 0.29) is 16.8 Å². The Morgan fingerprint density at radius 2 is 2.33 bits per heavy atom. The molecule has 0 unspecified atom stereocenters. The van der Waals surface area contributed by atoms with Crippen LogP contribution in [0.1, 0.15) is 16.9 Å². The van der Waals surface area contributed by atoms with Gasteiger partial charge in [0, 0.05) is 13.6 Å². The molecule has 0 spiro atoms. The van der Waals surface area contributed by atoms with Crippen LogP contribution in [-0.4, -0.2) is 34.6 Å². The third kappa shape index (κ3) is 3.18. The van der Waals surface area contributed by atoms with Crippen molar-refractivity contribution in [2.45, 2.75) is 6.42 Å². The van der Waals surface area contributed by atoms with Gasteiger partial charge >= 0.3 is 0 Å². The van der Waals surface area contributed by atoms with Crippen molar-refractivity contribution in [2.75, 3.05) is 13.6 Å². The molecule has 0 bridgehead atoms. The summed E-state index contributed by atoms with van der Waals surface area (Å²) in [5, 5.41) is 15.8. The number of nitriles is 1. The summed E-state index contributed by atoms with van der Waals surface area (Å²) in [6.45, 7) is 0.375. The monoisotopic (exact) mass is 224 g/mol. The number of hydrogen-bond acceptors (Lipinski definition) is 4. The second kappa shape index (κ2) is 5.27. The zero-order chi connectivity index (χ0) is 11.3. The molecule has 0 atom stereocenters. The molecule has 0 aliphatic rings. The fraction of sp³-hybridized carbons (Fsp3) is 0.333. The van der Waals surface area contributed by atoms with E-state index >= 15 is 0 Å². The second-order valence-electron chi connectivity index (χ2n) is 2.88. The van der Waals surface area contributed by atoms with Gasteiger partial charge in [-0.3, -0.25) is 4.79 Å². The molecule has 1 rings (SSSR count). The van der Waals surface area contributed by atoms with E-state index in [1.165, 1.54) is 17.0 Å². The number of aromatic nitrogens is 2. The van der Waals surface area contributed by atoms with Crippen molar-refractivity contribution in [1.29, 1.82) is 5.26 Å². The number of nitrogens with zero attached hydrogens (tertiary/aromatic N) is 4. The van der Waals surface area contributed by atoms with Gasteiger partial charge in [-0.05, 0) is 12.1 Å². The zero-order valence-electron chi connectivity index (χ0n) is 8.14. The van der Waals surface area contributed by atoms with Gasteiger partial charge in [0.1, 0.15) is 0 Å². The Bertz CT molecular complexity index is 384. The van der Waals surface area contributed by atoms with E-state index in [0.717, 1.165) is 0 Å². The Labute approximate surface area is 92.3 Å². The van der Waals surface area contributed by atoms with E-state index in [4.69, 9.17) is 16.9 Å². The lowest BCUT2D eigenvalue weighted by Crippen LogP contribution is -2.28. The predicted molar refractivity (Wildman–Crippen MR) is 54.2 cm³/mol. The molecule has 1 aromatic heterocycles. The smallest absolute Gasteiger partial charge is 0.274 e. The third-order valence-corrected chi connectivity index (χ3v) is 1.96. The molecule has 15 heavy (non-hydrogen) atoms. The van der Waals surface area contributed by atoms with Gasteiger partial charge in [0.05, 0.1) is 12.5 Å². The van der Waals surface area contributed by atoms with Gasteiger partial charge in [-0.15, -0.1) is 10.2 Å². The van der Waals surface area contributed by atoms with E-state index in [1.54, 1.807) is 7.05 Å². The summed E-state index contributed by atoms with van der Waals surface area (Å²) >= 11 is 5.54. The number of carbonyl (C=O) groups excluding carboxylic acids is 1. The molecule has 0 saturated heterocycles.